The summed E-state index contributed by atoms with van der Waals surface area (Å²) in [6.07, 6.45) is -3.87. The number of hydrogen-bond acceptors (Lipinski definition) is 2. The van der Waals surface area contributed by atoms with E-state index >= 15 is 0 Å². The van der Waals surface area contributed by atoms with Crippen molar-refractivity contribution >= 4 is 5.97 Å². The summed E-state index contributed by atoms with van der Waals surface area (Å²) in [6, 6.07) is -0.396. The van der Waals surface area contributed by atoms with Crippen LogP contribution in [0.3, 0.4) is 0 Å². The fourth-order valence-electron chi connectivity index (χ4n) is 2.61. The zero-order chi connectivity index (χ0) is 13.3. The van der Waals surface area contributed by atoms with E-state index in [0.717, 1.165) is 0 Å². The van der Waals surface area contributed by atoms with E-state index in [2.05, 4.69) is 0 Å². The largest absolute Gasteiger partial charge is 0.481 e. The fraction of sp³-hybridized carbons (Fsp3) is 0.909. The lowest BCUT2D eigenvalue weighted by atomic mass is 9.65. The van der Waals surface area contributed by atoms with Crippen LogP contribution < -0.4 is 5.73 Å². The van der Waals surface area contributed by atoms with Gasteiger partial charge in [-0.25, -0.2) is 0 Å². The third-order valence-electron chi connectivity index (χ3n) is 3.91. The van der Waals surface area contributed by atoms with Gasteiger partial charge in [-0.2, -0.15) is 13.2 Å². The van der Waals surface area contributed by atoms with E-state index in [0.29, 0.717) is 0 Å². The number of nitrogens with two attached hydrogens (primary N) is 1. The van der Waals surface area contributed by atoms with Crippen LogP contribution in [0.25, 0.3) is 0 Å². The van der Waals surface area contributed by atoms with Crippen molar-refractivity contribution in [1.29, 1.82) is 0 Å². The molecule has 0 aliphatic heterocycles. The molecule has 3 N–H and O–H groups in total. The quantitative estimate of drug-likeness (QED) is 0.812. The number of hydrogen-bond donors (Lipinski definition) is 2. The monoisotopic (exact) mass is 253 g/mol. The summed E-state index contributed by atoms with van der Waals surface area (Å²) < 4.78 is 37.5. The van der Waals surface area contributed by atoms with E-state index in [1.807, 2.05) is 0 Å². The zero-order valence-corrected chi connectivity index (χ0v) is 9.76. The van der Waals surface area contributed by atoms with Gasteiger partial charge in [0.1, 0.15) is 0 Å². The molecule has 1 aliphatic rings. The number of alkyl halides is 3. The van der Waals surface area contributed by atoms with Crippen molar-refractivity contribution in [3.63, 3.8) is 0 Å². The second-order valence-electron chi connectivity index (χ2n) is 5.04. The second-order valence-corrected chi connectivity index (χ2v) is 5.04. The van der Waals surface area contributed by atoms with Crippen LogP contribution in [-0.4, -0.2) is 23.3 Å². The molecular formula is C11H18F3NO2. The van der Waals surface area contributed by atoms with E-state index in [1.54, 1.807) is 6.92 Å². The van der Waals surface area contributed by atoms with Crippen molar-refractivity contribution in [2.45, 2.75) is 51.2 Å². The minimum absolute atomic E-state index is 0.0156. The van der Waals surface area contributed by atoms with Gasteiger partial charge in [0.25, 0.3) is 0 Å². The Morgan fingerprint density at radius 2 is 1.94 bits per heavy atom. The maximum atomic E-state index is 12.5. The molecule has 100 valence electrons. The average molecular weight is 253 g/mol. The normalized spacial score (nSPS) is 32.2. The van der Waals surface area contributed by atoms with Gasteiger partial charge in [0.2, 0.25) is 0 Å². The molecule has 1 fully saturated rings. The third kappa shape index (κ3) is 3.34. The molecule has 1 unspecified atom stereocenters. The third-order valence-corrected chi connectivity index (χ3v) is 3.91. The first-order valence-electron chi connectivity index (χ1n) is 5.71. The first-order chi connectivity index (χ1) is 7.67. The Labute approximate surface area is 98.2 Å². The second kappa shape index (κ2) is 4.84. The Hall–Kier alpha value is -0.780. The lowest BCUT2D eigenvalue weighted by molar-refractivity contribution is -0.189. The highest BCUT2D eigenvalue weighted by Crippen LogP contribution is 2.48. The smallest absolute Gasteiger partial charge is 0.391 e. The molecule has 17 heavy (non-hydrogen) atoms. The van der Waals surface area contributed by atoms with Gasteiger partial charge in [0.15, 0.2) is 0 Å². The molecule has 1 saturated carbocycles. The molecule has 1 aliphatic carbocycles. The lowest BCUT2D eigenvalue weighted by Gasteiger charge is -2.42. The Bertz CT molecular complexity index is 281. The molecule has 0 bridgehead atoms. The minimum Gasteiger partial charge on any atom is -0.481 e. The SMILES string of the molecule is CC(N)C1(CC(=O)O)CCC(C(F)(F)F)CC1. The molecule has 0 amide bonds. The summed E-state index contributed by atoms with van der Waals surface area (Å²) in [5.41, 5.74) is 5.09. The summed E-state index contributed by atoms with van der Waals surface area (Å²) in [7, 11) is 0. The standard InChI is InChI=1S/C11H18F3NO2/c1-7(15)10(6-9(16)17)4-2-8(3-5-10)11(12,13)14/h7-8H,2-6,15H2,1H3,(H,16,17). The number of carboxylic acid groups (broad SMARTS) is 1. The summed E-state index contributed by atoms with van der Waals surface area (Å²) in [5, 5.41) is 8.83. The fourth-order valence-corrected chi connectivity index (χ4v) is 2.61. The maximum absolute atomic E-state index is 12.5. The number of carboxylic acids is 1. The van der Waals surface area contributed by atoms with Crippen LogP contribution >= 0.6 is 0 Å². The molecule has 6 heteroatoms. The molecule has 0 radical (unpaired) electrons. The van der Waals surface area contributed by atoms with Crippen molar-refractivity contribution in [3.8, 4) is 0 Å². The molecule has 1 atom stereocenters. The first-order valence-corrected chi connectivity index (χ1v) is 5.71. The van der Waals surface area contributed by atoms with Crippen LogP contribution in [0.1, 0.15) is 39.0 Å². The van der Waals surface area contributed by atoms with Gasteiger partial charge in [-0.3, -0.25) is 4.79 Å². The first kappa shape index (κ1) is 14.3. The van der Waals surface area contributed by atoms with Gasteiger partial charge in [-0.15, -0.1) is 0 Å². The van der Waals surface area contributed by atoms with E-state index in [-0.39, 0.29) is 32.1 Å². The van der Waals surface area contributed by atoms with Gasteiger partial charge in [-0.05, 0) is 38.0 Å². The molecule has 0 saturated heterocycles. The van der Waals surface area contributed by atoms with Gasteiger partial charge < -0.3 is 10.8 Å². The van der Waals surface area contributed by atoms with Crippen molar-refractivity contribution in [2.24, 2.45) is 17.1 Å². The van der Waals surface area contributed by atoms with E-state index in [1.165, 1.54) is 0 Å². The van der Waals surface area contributed by atoms with Gasteiger partial charge in [-0.1, -0.05) is 0 Å². The van der Waals surface area contributed by atoms with E-state index < -0.39 is 29.5 Å². The summed E-state index contributed by atoms with van der Waals surface area (Å²) in [6.45, 7) is 1.68. The zero-order valence-electron chi connectivity index (χ0n) is 9.76. The Morgan fingerprint density at radius 1 is 1.47 bits per heavy atom. The van der Waals surface area contributed by atoms with Gasteiger partial charge in [0, 0.05) is 6.04 Å². The van der Waals surface area contributed by atoms with E-state index in [4.69, 9.17) is 10.8 Å². The number of rotatable bonds is 3. The highest BCUT2D eigenvalue weighted by molar-refractivity contribution is 5.67. The highest BCUT2D eigenvalue weighted by atomic mass is 19.4. The number of halogens is 3. The van der Waals surface area contributed by atoms with Crippen LogP contribution in [0.2, 0.25) is 0 Å². The van der Waals surface area contributed by atoms with Crippen LogP contribution in [0.5, 0.6) is 0 Å². The minimum atomic E-state index is -4.17. The molecule has 0 aromatic carbocycles. The highest BCUT2D eigenvalue weighted by Gasteiger charge is 2.47. The maximum Gasteiger partial charge on any atom is 0.391 e. The molecule has 1 rings (SSSR count). The van der Waals surface area contributed by atoms with Crippen molar-refractivity contribution in [3.05, 3.63) is 0 Å². The van der Waals surface area contributed by atoms with Gasteiger partial charge in [0.05, 0.1) is 12.3 Å². The van der Waals surface area contributed by atoms with E-state index in [9.17, 15) is 18.0 Å². The van der Waals surface area contributed by atoms with Crippen LogP contribution in [0, 0.1) is 11.3 Å². The summed E-state index contributed by atoms with van der Waals surface area (Å²) in [5.74, 6) is -2.30. The van der Waals surface area contributed by atoms with Crippen molar-refractivity contribution < 1.29 is 23.1 Å². The summed E-state index contributed by atoms with van der Waals surface area (Å²) >= 11 is 0. The topological polar surface area (TPSA) is 63.3 Å². The molecular weight excluding hydrogens is 235 g/mol. The van der Waals surface area contributed by atoms with Crippen LogP contribution in [-0.2, 0) is 4.79 Å². The molecule has 0 spiro atoms. The molecule has 0 aromatic rings. The number of aliphatic carboxylic acids is 1. The Balaban J connectivity index is 2.71. The lowest BCUT2D eigenvalue weighted by Crippen LogP contribution is -2.45. The molecule has 0 aromatic heterocycles. The van der Waals surface area contributed by atoms with Crippen LogP contribution in [0.15, 0.2) is 0 Å². The van der Waals surface area contributed by atoms with Crippen LogP contribution in [0.4, 0.5) is 13.2 Å². The number of carbonyl (C=O) groups is 1. The predicted octanol–water partition coefficient (Wildman–Crippen LogP) is 2.55. The Morgan fingerprint density at radius 3 is 2.24 bits per heavy atom. The molecule has 3 nitrogen and oxygen atoms in total. The average Bonchev–Trinajstić information content (AvgIpc) is 2.15. The molecule has 0 heterocycles. The van der Waals surface area contributed by atoms with Crippen molar-refractivity contribution in [2.75, 3.05) is 0 Å². The summed E-state index contributed by atoms with van der Waals surface area (Å²) in [4.78, 5) is 10.8. The van der Waals surface area contributed by atoms with Crippen molar-refractivity contribution in [1.82, 2.24) is 0 Å². The predicted molar refractivity (Wildman–Crippen MR) is 56.3 cm³/mol. The Kier molecular flexibility index (Phi) is 4.06. The van der Waals surface area contributed by atoms with Gasteiger partial charge >= 0.3 is 12.1 Å².